The van der Waals surface area contributed by atoms with Gasteiger partial charge < -0.3 is 84.3 Å². The number of carbonyl (C=O) groups is 4. The van der Waals surface area contributed by atoms with E-state index in [-0.39, 0.29) is 39.2 Å². The normalized spacial score (nSPS) is 30.6. The van der Waals surface area contributed by atoms with Crippen LogP contribution in [0.15, 0.2) is 115 Å². The zero-order valence-electron chi connectivity index (χ0n) is 42.2. The minimum atomic E-state index is -1.65. The second kappa shape index (κ2) is 28.2. The van der Waals surface area contributed by atoms with Crippen molar-refractivity contribution in [2.24, 2.45) is 5.92 Å². The van der Waals surface area contributed by atoms with Gasteiger partial charge >= 0.3 is 18.3 Å². The van der Waals surface area contributed by atoms with E-state index in [0.717, 1.165) is 16.7 Å². The number of hydrogen-bond acceptors (Lipinski definition) is 17. The molecule has 0 spiro atoms. The molecule has 21 nitrogen and oxygen atoms in total. The summed E-state index contributed by atoms with van der Waals surface area (Å²) >= 11 is 0. The SMILES string of the molecule is CC[C@@H]1C=C[C@@H](NC(=O)OCc2ccccc2)[C@@H](O[C@H]2[C@H](O[C@@H]3O[C@H](CO)[C@@H](O[C@H]4O[C@H](CC)C=C[C@H]4NC(=O)OCc4ccccc4)[C@H]3O)[C@@H](O)[C@H](NC(=O)[C@@H](O)CCNC(=O)OCc3ccccc3)C[C@@H]2C)O1. The van der Waals surface area contributed by atoms with Crippen molar-refractivity contribution in [1.29, 1.82) is 0 Å². The van der Waals surface area contributed by atoms with Crippen LogP contribution in [-0.4, -0.2) is 150 Å². The fraction of sp³-hybridized carbons (Fsp3) is 0.519. The van der Waals surface area contributed by atoms with Crippen LogP contribution in [0.1, 0.15) is 63.1 Å². The number of carbonyl (C=O) groups excluding carboxylic acids is 4. The van der Waals surface area contributed by atoms with Gasteiger partial charge in [0.15, 0.2) is 18.9 Å². The van der Waals surface area contributed by atoms with E-state index in [1.807, 2.05) is 92.7 Å². The molecule has 4 aliphatic rings. The maximum atomic E-state index is 13.5. The van der Waals surface area contributed by atoms with Gasteiger partial charge in [0.2, 0.25) is 5.91 Å². The Hall–Kier alpha value is -5.98. The molecule has 2 fully saturated rings. The highest BCUT2D eigenvalue weighted by molar-refractivity contribution is 5.81. The minimum Gasteiger partial charge on any atom is -0.445 e. The molecular formula is C54H70N4O17. The molecule has 1 saturated heterocycles. The lowest BCUT2D eigenvalue weighted by atomic mass is 9.80. The molecule has 1 saturated carbocycles. The van der Waals surface area contributed by atoms with E-state index in [2.05, 4.69) is 21.3 Å². The molecule has 408 valence electrons. The molecule has 0 bridgehead atoms. The van der Waals surface area contributed by atoms with Crippen LogP contribution < -0.4 is 21.3 Å². The smallest absolute Gasteiger partial charge is 0.408 e. The minimum absolute atomic E-state index is 0.00106. The molecule has 3 aromatic rings. The average Bonchev–Trinajstić information content (AvgIpc) is 3.73. The molecule has 3 aliphatic heterocycles. The predicted molar refractivity (Wildman–Crippen MR) is 267 cm³/mol. The van der Waals surface area contributed by atoms with Gasteiger partial charge in [0.25, 0.3) is 0 Å². The third kappa shape index (κ3) is 16.3. The fourth-order valence-corrected chi connectivity index (χ4v) is 9.03. The van der Waals surface area contributed by atoms with E-state index in [4.69, 9.17) is 42.6 Å². The van der Waals surface area contributed by atoms with Crippen molar-refractivity contribution >= 4 is 24.2 Å². The van der Waals surface area contributed by atoms with Crippen molar-refractivity contribution < 1.29 is 82.2 Å². The Bertz CT molecular complexity index is 2320. The largest absolute Gasteiger partial charge is 0.445 e. The Balaban J connectivity index is 1.05. The van der Waals surface area contributed by atoms with Crippen LogP contribution in [0.4, 0.5) is 14.4 Å². The Morgan fingerprint density at radius 2 is 1.07 bits per heavy atom. The van der Waals surface area contributed by atoms with Gasteiger partial charge in [-0.05, 0) is 48.3 Å². The topological polar surface area (TPSA) is 280 Å². The van der Waals surface area contributed by atoms with Crippen LogP contribution in [0.2, 0.25) is 0 Å². The Morgan fingerprint density at radius 1 is 0.600 bits per heavy atom. The first kappa shape index (κ1) is 56.7. The molecule has 8 N–H and O–H groups in total. The second-order valence-corrected chi connectivity index (χ2v) is 18.8. The third-order valence-electron chi connectivity index (χ3n) is 13.2. The molecule has 0 unspecified atom stereocenters. The lowest BCUT2D eigenvalue weighted by molar-refractivity contribution is -0.287. The number of ether oxygens (including phenoxy) is 9. The van der Waals surface area contributed by atoms with Crippen LogP contribution in [0.3, 0.4) is 0 Å². The summed E-state index contributed by atoms with van der Waals surface area (Å²) in [6.45, 7) is 4.84. The maximum Gasteiger partial charge on any atom is 0.408 e. The first-order valence-electron chi connectivity index (χ1n) is 25.5. The van der Waals surface area contributed by atoms with Crippen molar-refractivity contribution in [3.63, 3.8) is 0 Å². The third-order valence-corrected chi connectivity index (χ3v) is 13.2. The Kier molecular flexibility index (Phi) is 21.4. The number of benzene rings is 3. The first-order valence-corrected chi connectivity index (χ1v) is 25.5. The predicted octanol–water partition coefficient (Wildman–Crippen LogP) is 3.76. The Morgan fingerprint density at radius 3 is 1.55 bits per heavy atom. The summed E-state index contributed by atoms with van der Waals surface area (Å²) < 4.78 is 54.3. The molecule has 75 heavy (non-hydrogen) atoms. The molecule has 4 amide bonds. The van der Waals surface area contributed by atoms with Crippen LogP contribution in [-0.2, 0) is 67.2 Å². The lowest BCUT2D eigenvalue weighted by Gasteiger charge is -2.46. The summed E-state index contributed by atoms with van der Waals surface area (Å²) in [7, 11) is 0. The number of nitrogens with one attached hydrogen (secondary N) is 4. The number of aliphatic hydroxyl groups excluding tert-OH is 4. The van der Waals surface area contributed by atoms with Gasteiger partial charge in [-0.1, -0.05) is 136 Å². The van der Waals surface area contributed by atoms with E-state index < -0.39 is 129 Å². The number of rotatable bonds is 22. The molecule has 0 radical (unpaired) electrons. The van der Waals surface area contributed by atoms with Gasteiger partial charge in [-0.15, -0.1) is 0 Å². The highest BCUT2D eigenvalue weighted by Crippen LogP contribution is 2.37. The van der Waals surface area contributed by atoms with Crippen LogP contribution in [0.25, 0.3) is 0 Å². The lowest BCUT2D eigenvalue weighted by Crippen LogP contribution is -2.63. The standard InChI is InChI=1S/C54H70N4O17/c1-4-36-21-23-38(57-53(65)68-30-34-17-11-7-12-18-34)49(70-36)73-45-32(3)27-40(56-48(63)41(60)25-26-55-52(64)67-29-33-15-9-6-10-16-33)43(61)47(45)75-51-44(62)46(42(28-59)72-51)74-50-39(24-22-37(5-2)71-50)58-54(66)69-31-35-19-13-8-14-20-35/h6-24,32,36-47,49-51,59-62H,4-5,25-31H2,1-3H3,(H,55,64)(H,56,63)(H,57,65)(H,58,66)/t32-,36+,37+,38+,39+,40+,41-,42+,43-,44+,45+,46+,47+,49+,50+,51-/m0/s1. The van der Waals surface area contributed by atoms with Crippen molar-refractivity contribution in [1.82, 2.24) is 21.3 Å². The van der Waals surface area contributed by atoms with Gasteiger partial charge in [-0.3, -0.25) is 4.79 Å². The Labute approximate surface area is 435 Å². The molecule has 3 heterocycles. The van der Waals surface area contributed by atoms with E-state index in [1.165, 1.54) is 0 Å². The summed E-state index contributed by atoms with van der Waals surface area (Å²) in [6, 6.07) is 24.4. The highest BCUT2D eigenvalue weighted by atomic mass is 16.8. The highest BCUT2D eigenvalue weighted by Gasteiger charge is 2.53. The number of amides is 4. The van der Waals surface area contributed by atoms with Gasteiger partial charge in [0, 0.05) is 6.54 Å². The van der Waals surface area contributed by atoms with E-state index in [9.17, 15) is 39.6 Å². The summed E-state index contributed by atoms with van der Waals surface area (Å²) in [6.07, 6.45) is -9.06. The van der Waals surface area contributed by atoms with Gasteiger partial charge in [-0.2, -0.15) is 0 Å². The van der Waals surface area contributed by atoms with E-state index >= 15 is 0 Å². The molecule has 1 aliphatic carbocycles. The molecule has 21 heteroatoms. The van der Waals surface area contributed by atoms with Crippen molar-refractivity contribution in [3.05, 3.63) is 132 Å². The van der Waals surface area contributed by atoms with E-state index in [1.54, 1.807) is 43.4 Å². The van der Waals surface area contributed by atoms with Gasteiger partial charge in [0.1, 0.15) is 68.5 Å². The summed E-state index contributed by atoms with van der Waals surface area (Å²) in [5, 5.41) is 56.5. The zero-order valence-corrected chi connectivity index (χ0v) is 42.2. The number of hydrogen-bond donors (Lipinski definition) is 8. The van der Waals surface area contributed by atoms with Gasteiger partial charge in [0.05, 0.1) is 31.0 Å². The summed E-state index contributed by atoms with van der Waals surface area (Å²) in [5.41, 5.74) is 2.32. The average molecular weight is 1050 g/mol. The quantitative estimate of drug-likeness (QED) is 0.0525. The van der Waals surface area contributed by atoms with Crippen molar-refractivity contribution in [2.45, 2.75) is 158 Å². The molecule has 7 rings (SSSR count). The number of aliphatic hydroxyl groups is 4. The number of alkyl carbamates (subject to hydrolysis) is 3. The fourth-order valence-electron chi connectivity index (χ4n) is 9.03. The molecular weight excluding hydrogens is 977 g/mol. The van der Waals surface area contributed by atoms with Crippen LogP contribution >= 0.6 is 0 Å². The maximum absolute atomic E-state index is 13.5. The zero-order chi connectivity index (χ0) is 53.3. The first-order chi connectivity index (χ1) is 36.3. The summed E-state index contributed by atoms with van der Waals surface area (Å²) in [4.78, 5) is 52.1. The molecule has 0 aromatic heterocycles. The monoisotopic (exact) mass is 1050 g/mol. The van der Waals surface area contributed by atoms with Crippen molar-refractivity contribution in [2.75, 3.05) is 13.2 Å². The van der Waals surface area contributed by atoms with Crippen molar-refractivity contribution in [3.8, 4) is 0 Å². The van der Waals surface area contributed by atoms with Crippen LogP contribution in [0, 0.1) is 5.92 Å². The molecule has 3 aromatic carbocycles. The molecule has 16 atom stereocenters. The van der Waals surface area contributed by atoms with E-state index in [0.29, 0.717) is 12.8 Å². The summed E-state index contributed by atoms with van der Waals surface area (Å²) in [5.74, 6) is -1.41. The van der Waals surface area contributed by atoms with Crippen LogP contribution in [0.5, 0.6) is 0 Å². The van der Waals surface area contributed by atoms with Gasteiger partial charge in [-0.25, -0.2) is 14.4 Å². The second-order valence-electron chi connectivity index (χ2n) is 18.8.